The van der Waals surface area contributed by atoms with Crippen LogP contribution in [0.25, 0.3) is 0 Å². The van der Waals surface area contributed by atoms with Gasteiger partial charge in [-0.3, -0.25) is 4.31 Å². The first kappa shape index (κ1) is 24.5. The Morgan fingerprint density at radius 3 is 2.18 bits per heavy atom. The lowest BCUT2D eigenvalue weighted by molar-refractivity contribution is -0.108. The van der Waals surface area contributed by atoms with Crippen molar-refractivity contribution in [2.75, 3.05) is 20.9 Å². The Bertz CT molecular complexity index is 1200. The second kappa shape index (κ2) is 9.39. The molecule has 2 heterocycles. The van der Waals surface area contributed by atoms with Crippen LogP contribution in [0.4, 0.5) is 27.2 Å². The summed E-state index contributed by atoms with van der Waals surface area (Å²) in [4.78, 5) is 45.4. The Morgan fingerprint density at radius 2 is 1.71 bits per heavy atom. The number of urea groups is 2. The van der Waals surface area contributed by atoms with E-state index < -0.39 is 28.3 Å². The molecule has 1 aromatic heterocycles. The molecule has 1 saturated heterocycles. The molecule has 182 valence electrons. The fourth-order valence-corrected chi connectivity index (χ4v) is 4.39. The molecule has 17 nitrogen and oxygen atoms in total. The number of primary amides is 2. The maximum absolute atomic E-state index is 12.2. The Hall–Kier alpha value is -4.13. The molecule has 1 unspecified atom stereocenters. The highest BCUT2D eigenvalue weighted by Crippen LogP contribution is 2.32. The second-order valence-corrected chi connectivity index (χ2v) is 8.61. The zero-order valence-corrected chi connectivity index (χ0v) is 18.2. The number of carbonyl (C=O) groups excluding carboxylic acids is 3. The summed E-state index contributed by atoms with van der Waals surface area (Å²) in [5.41, 5.74) is 10.8. The van der Waals surface area contributed by atoms with Crippen molar-refractivity contribution in [3.63, 3.8) is 0 Å². The summed E-state index contributed by atoms with van der Waals surface area (Å²) in [6.45, 7) is -0.167. The van der Waals surface area contributed by atoms with E-state index in [-0.39, 0.29) is 48.5 Å². The van der Waals surface area contributed by atoms with Crippen molar-refractivity contribution >= 4 is 46.1 Å². The number of hydrazine groups is 2. The van der Waals surface area contributed by atoms with E-state index in [0.717, 1.165) is 4.31 Å². The molecule has 1 aliphatic rings. The average Bonchev–Trinajstić information content (AvgIpc) is 3.10. The number of phenolic OH excluding ortho intramolecular Hbond substituents is 1. The molecule has 1 atom stereocenters. The van der Waals surface area contributed by atoms with E-state index >= 15 is 0 Å². The number of nitrogens with two attached hydrogens (primary N) is 4. The Balaban J connectivity index is 1.83. The number of phenols is 1. The van der Waals surface area contributed by atoms with Crippen LogP contribution in [0.3, 0.4) is 0 Å². The number of anilines is 3. The third-order valence-corrected chi connectivity index (χ3v) is 6.15. The molecule has 2 aromatic rings. The molecule has 0 bridgehead atoms. The first-order valence-corrected chi connectivity index (χ1v) is 10.9. The molecular formula is C16H21N11O6S. The van der Waals surface area contributed by atoms with E-state index in [0.29, 0.717) is 21.9 Å². The zero-order chi connectivity index (χ0) is 25.2. The number of benzene rings is 1. The highest BCUT2D eigenvalue weighted by molar-refractivity contribution is 7.91. The van der Waals surface area contributed by atoms with Gasteiger partial charge in [0, 0.05) is 6.42 Å². The first-order chi connectivity index (χ1) is 15.9. The maximum Gasteiger partial charge on any atom is 0.336 e. The number of nitrogens with one attached hydrogen (secondary N) is 1. The Morgan fingerprint density at radius 1 is 1.12 bits per heavy atom. The van der Waals surface area contributed by atoms with Gasteiger partial charge in [0.25, 0.3) is 11.9 Å². The van der Waals surface area contributed by atoms with Gasteiger partial charge < -0.3 is 21.4 Å². The van der Waals surface area contributed by atoms with E-state index in [1.54, 1.807) is 6.07 Å². The smallest absolute Gasteiger partial charge is 0.336 e. The summed E-state index contributed by atoms with van der Waals surface area (Å²) in [5.74, 6) is 9.96. The van der Waals surface area contributed by atoms with Gasteiger partial charge in [0.1, 0.15) is 17.9 Å². The van der Waals surface area contributed by atoms with Gasteiger partial charge in [-0.05, 0) is 24.1 Å². The van der Waals surface area contributed by atoms with Crippen LogP contribution in [-0.2, 0) is 27.8 Å². The van der Waals surface area contributed by atoms with Crippen molar-refractivity contribution in [2.24, 2.45) is 23.2 Å². The van der Waals surface area contributed by atoms with Crippen molar-refractivity contribution in [2.45, 2.75) is 18.9 Å². The molecule has 0 saturated carbocycles. The van der Waals surface area contributed by atoms with E-state index in [4.69, 9.17) is 23.2 Å². The van der Waals surface area contributed by atoms with E-state index in [1.807, 2.05) is 0 Å². The maximum atomic E-state index is 12.2. The summed E-state index contributed by atoms with van der Waals surface area (Å²) < 4.78 is 27.4. The van der Waals surface area contributed by atoms with Crippen LogP contribution in [0.2, 0.25) is 0 Å². The summed E-state index contributed by atoms with van der Waals surface area (Å²) >= 11 is 0. The molecule has 0 radical (unpaired) electrons. The number of hydrogen-bond donors (Lipinski definition) is 6. The zero-order valence-electron chi connectivity index (χ0n) is 17.4. The van der Waals surface area contributed by atoms with E-state index in [2.05, 4.69) is 19.7 Å². The quantitative estimate of drug-likeness (QED) is 0.0980. The molecular weight excluding hydrogens is 474 g/mol. The van der Waals surface area contributed by atoms with Gasteiger partial charge in [-0.15, -0.1) is 0 Å². The lowest BCUT2D eigenvalue weighted by Gasteiger charge is -2.18. The topological polar surface area (TPSA) is 270 Å². The summed E-state index contributed by atoms with van der Waals surface area (Å²) in [7, 11) is -3.98. The van der Waals surface area contributed by atoms with Crippen LogP contribution in [0.1, 0.15) is 11.4 Å². The van der Waals surface area contributed by atoms with Crippen LogP contribution in [-0.4, -0.2) is 59.4 Å². The molecule has 3 rings (SSSR count). The summed E-state index contributed by atoms with van der Waals surface area (Å²) in [6.07, 6.45) is 0.778. The minimum absolute atomic E-state index is 0.00852. The third kappa shape index (κ3) is 5.09. The molecule has 0 spiro atoms. The predicted molar refractivity (Wildman–Crippen MR) is 117 cm³/mol. The number of aldehydes is 1. The van der Waals surface area contributed by atoms with Gasteiger partial charge in [0.2, 0.25) is 0 Å². The summed E-state index contributed by atoms with van der Waals surface area (Å²) in [5, 5.41) is 11.2. The van der Waals surface area contributed by atoms with Gasteiger partial charge in [-0.25, -0.2) is 21.3 Å². The number of aromatic hydroxyl groups is 1. The molecule has 10 N–H and O–H groups in total. The normalized spacial score (nSPS) is 16.8. The molecule has 4 amide bonds. The molecule has 1 aromatic carbocycles. The number of rotatable bonds is 7. The first-order valence-electron chi connectivity index (χ1n) is 9.43. The lowest BCUT2D eigenvalue weighted by Crippen LogP contribution is -2.45. The lowest BCUT2D eigenvalue weighted by atomic mass is 10.1. The average molecular weight is 495 g/mol. The number of aryl methyl sites for hydroxylation is 2. The van der Waals surface area contributed by atoms with Crippen LogP contribution in [0.5, 0.6) is 5.75 Å². The number of carbonyl (C=O) groups is 3. The monoisotopic (exact) mass is 495 g/mol. The number of nitrogens with zero attached hydrogens (tertiary/aromatic N) is 6. The standard InChI is InChI=1S/C16H21N11O6S/c17-13(30)26(19)15-21-12(22-16(23-15)27(20)14(18)31)4-2-8-1-3-10(11(29)5-8)25-6-9(7-28)24-34(25,32)33/h1,3,5,7,9,24,29H,2,4,6,19-20H2,(H2,17,30)(H2,18,31). The molecule has 0 aliphatic carbocycles. The fraction of sp³-hybridized carbons (Fsp3) is 0.250. The van der Waals surface area contributed by atoms with E-state index in [1.165, 1.54) is 12.1 Å². The Labute approximate surface area is 192 Å². The highest BCUT2D eigenvalue weighted by atomic mass is 32.2. The van der Waals surface area contributed by atoms with Gasteiger partial charge in [-0.2, -0.15) is 38.1 Å². The Kier molecular flexibility index (Phi) is 6.77. The van der Waals surface area contributed by atoms with Crippen LogP contribution in [0, 0.1) is 0 Å². The summed E-state index contributed by atoms with van der Waals surface area (Å²) in [6, 6.07) is 1.16. The van der Waals surface area contributed by atoms with Crippen molar-refractivity contribution in [3.05, 3.63) is 29.6 Å². The number of amides is 4. The number of aromatic nitrogens is 3. The van der Waals surface area contributed by atoms with Crippen LogP contribution < -0.4 is 42.2 Å². The van der Waals surface area contributed by atoms with Crippen LogP contribution >= 0.6 is 0 Å². The number of hydrogen-bond acceptors (Lipinski definition) is 11. The van der Waals surface area contributed by atoms with Gasteiger partial charge in [-0.1, -0.05) is 6.07 Å². The third-order valence-electron chi connectivity index (χ3n) is 4.63. The van der Waals surface area contributed by atoms with Crippen molar-refractivity contribution in [1.29, 1.82) is 0 Å². The van der Waals surface area contributed by atoms with Gasteiger partial charge in [0.05, 0.1) is 18.3 Å². The second-order valence-electron chi connectivity index (χ2n) is 6.99. The molecule has 1 aliphatic heterocycles. The fourth-order valence-electron chi connectivity index (χ4n) is 2.98. The van der Waals surface area contributed by atoms with Crippen LogP contribution in [0.15, 0.2) is 18.2 Å². The van der Waals surface area contributed by atoms with Crippen molar-refractivity contribution < 1.29 is 27.9 Å². The molecule has 1 fully saturated rings. The SMILES string of the molecule is NC(=O)N(N)c1nc(CCc2ccc(N3CC(C=O)NS3(=O)=O)c(O)c2)nc(N(N)C(N)=O)n1. The van der Waals surface area contributed by atoms with Gasteiger partial charge in [0.15, 0.2) is 0 Å². The minimum Gasteiger partial charge on any atom is -0.506 e. The molecule has 18 heteroatoms. The minimum atomic E-state index is -3.98. The molecule has 34 heavy (non-hydrogen) atoms. The predicted octanol–water partition coefficient (Wildman–Crippen LogP) is -2.90. The van der Waals surface area contributed by atoms with Crippen molar-refractivity contribution in [3.8, 4) is 5.75 Å². The largest absolute Gasteiger partial charge is 0.506 e. The van der Waals surface area contributed by atoms with Gasteiger partial charge >= 0.3 is 22.3 Å². The van der Waals surface area contributed by atoms with Crippen molar-refractivity contribution in [1.82, 2.24) is 19.7 Å². The van der Waals surface area contributed by atoms with E-state index in [9.17, 15) is 27.9 Å². The highest BCUT2D eigenvalue weighted by Gasteiger charge is 2.36.